The molecule has 0 heterocycles. The minimum Gasteiger partial charge on any atom is -2.00 e. The molecule has 4 heavy (non-hydrogen) atoms. The van der Waals surface area contributed by atoms with E-state index < -0.39 is 0 Å². The summed E-state index contributed by atoms with van der Waals surface area (Å²) in [7, 11) is 0. The predicted molar refractivity (Wildman–Crippen MR) is 14.7 cm³/mol. The SMILES string of the molecule is [Li+].[S-2].[S-2].[V]. The molecule has 0 aliphatic heterocycles. The van der Waals surface area contributed by atoms with Gasteiger partial charge in [0, 0.05) is 18.6 Å². The van der Waals surface area contributed by atoms with Gasteiger partial charge in [-0.1, -0.05) is 0 Å². The van der Waals surface area contributed by atoms with Crippen LogP contribution in [0.25, 0.3) is 0 Å². The second kappa shape index (κ2) is 20.8. The normalized spacial score (nSPS) is 0. The fraction of sp³-hybridized carbons (Fsp3) is 0. The quantitative estimate of drug-likeness (QED) is 0.300. The van der Waals surface area contributed by atoms with Crippen LogP contribution in [0, 0.1) is 0 Å². The molecule has 0 fully saturated rings. The van der Waals surface area contributed by atoms with Crippen molar-refractivity contribution >= 4 is 27.0 Å². The van der Waals surface area contributed by atoms with Crippen LogP contribution in [0.2, 0.25) is 0 Å². The summed E-state index contributed by atoms with van der Waals surface area (Å²) in [5.41, 5.74) is 0. The molecule has 1 radical (unpaired) electrons. The van der Waals surface area contributed by atoms with E-state index in [9.17, 15) is 0 Å². The van der Waals surface area contributed by atoms with Gasteiger partial charge in [-0.25, -0.2) is 0 Å². The van der Waals surface area contributed by atoms with Crippen LogP contribution in [0.5, 0.6) is 0 Å². The summed E-state index contributed by atoms with van der Waals surface area (Å²) < 4.78 is 0. The smallest absolute Gasteiger partial charge is 1.00 e. The number of rotatable bonds is 0. The molecule has 0 bridgehead atoms. The van der Waals surface area contributed by atoms with E-state index >= 15 is 0 Å². The van der Waals surface area contributed by atoms with Crippen molar-refractivity contribution < 1.29 is 37.4 Å². The van der Waals surface area contributed by atoms with Gasteiger partial charge < -0.3 is 27.0 Å². The Hall–Kier alpha value is 1.88. The van der Waals surface area contributed by atoms with Crippen LogP contribution >= 0.6 is 0 Å². The van der Waals surface area contributed by atoms with E-state index in [4.69, 9.17) is 0 Å². The minimum atomic E-state index is 0. The Bertz CT molecular complexity index is 6.00. The third-order valence-corrected chi connectivity index (χ3v) is 0. The van der Waals surface area contributed by atoms with Gasteiger partial charge in [-0.15, -0.1) is 0 Å². The molecule has 0 aromatic carbocycles. The largest absolute Gasteiger partial charge is 2.00 e. The molecule has 0 unspecified atom stereocenters. The zero-order chi connectivity index (χ0) is 0. The Morgan fingerprint density at radius 1 is 0.750 bits per heavy atom. The van der Waals surface area contributed by atoms with Crippen molar-refractivity contribution in [3.8, 4) is 0 Å². The molecule has 21 valence electrons. The van der Waals surface area contributed by atoms with Crippen LogP contribution in [0.4, 0.5) is 0 Å². The van der Waals surface area contributed by atoms with Crippen molar-refractivity contribution in [2.75, 3.05) is 0 Å². The zero-order valence-electron chi connectivity index (χ0n) is 2.26. The molecule has 0 N–H and O–H groups in total. The van der Waals surface area contributed by atoms with Crippen LogP contribution in [0.15, 0.2) is 0 Å². The van der Waals surface area contributed by atoms with Crippen LogP contribution in [0.3, 0.4) is 0 Å². The van der Waals surface area contributed by atoms with Gasteiger partial charge in [0.05, 0.1) is 0 Å². The second-order valence-corrected chi connectivity index (χ2v) is 0. The average Bonchev–Trinajstić information content (AvgIpc) is 0. The summed E-state index contributed by atoms with van der Waals surface area (Å²) >= 11 is 0. The van der Waals surface area contributed by atoms with Crippen LogP contribution in [-0.4, -0.2) is 0 Å². The van der Waals surface area contributed by atoms with E-state index in [1.54, 1.807) is 0 Å². The van der Waals surface area contributed by atoms with Gasteiger partial charge >= 0.3 is 18.9 Å². The van der Waals surface area contributed by atoms with E-state index in [1.807, 2.05) is 0 Å². The van der Waals surface area contributed by atoms with Gasteiger partial charge in [0.15, 0.2) is 0 Å². The van der Waals surface area contributed by atoms with E-state index in [0.717, 1.165) is 0 Å². The molecule has 0 aliphatic rings. The first kappa shape index (κ1) is 39.6. The van der Waals surface area contributed by atoms with E-state index in [1.165, 1.54) is 0 Å². The Morgan fingerprint density at radius 3 is 0.750 bits per heavy atom. The molecule has 0 amide bonds. The van der Waals surface area contributed by atoms with Crippen LogP contribution in [0.1, 0.15) is 0 Å². The Kier molecular flexibility index (Phi) is 206. The summed E-state index contributed by atoms with van der Waals surface area (Å²) in [6.07, 6.45) is 0. The molecule has 0 spiro atoms. The van der Waals surface area contributed by atoms with Crippen molar-refractivity contribution in [2.24, 2.45) is 0 Å². The van der Waals surface area contributed by atoms with Gasteiger partial charge in [0.1, 0.15) is 0 Å². The Morgan fingerprint density at radius 2 is 0.750 bits per heavy atom. The molecular formula is LiS2V-3. The molecule has 4 heteroatoms. The van der Waals surface area contributed by atoms with E-state index in [2.05, 4.69) is 0 Å². The van der Waals surface area contributed by atoms with Crippen molar-refractivity contribution in [3.63, 3.8) is 0 Å². The first-order chi connectivity index (χ1) is 0. The van der Waals surface area contributed by atoms with E-state index in [-0.39, 0.29) is 64.4 Å². The van der Waals surface area contributed by atoms with Crippen molar-refractivity contribution in [2.45, 2.75) is 0 Å². The molecule has 0 saturated carbocycles. The average molecular weight is 122 g/mol. The molecule has 0 saturated heterocycles. The summed E-state index contributed by atoms with van der Waals surface area (Å²) in [4.78, 5) is 0. The van der Waals surface area contributed by atoms with Crippen molar-refractivity contribution in [1.29, 1.82) is 0 Å². The molecule has 0 aromatic heterocycles. The number of hydrogen-bond acceptors (Lipinski definition) is 0. The first-order valence-corrected chi connectivity index (χ1v) is 0. The zero-order valence-corrected chi connectivity index (χ0v) is 5.29. The van der Waals surface area contributed by atoms with Crippen LogP contribution in [-0.2, 0) is 45.5 Å². The van der Waals surface area contributed by atoms with Crippen molar-refractivity contribution in [1.82, 2.24) is 0 Å². The van der Waals surface area contributed by atoms with Gasteiger partial charge in [-0.05, 0) is 0 Å². The molecule has 0 rings (SSSR count). The molecule has 0 atom stereocenters. The van der Waals surface area contributed by atoms with Gasteiger partial charge in [0.25, 0.3) is 0 Å². The summed E-state index contributed by atoms with van der Waals surface area (Å²) in [5, 5.41) is 0. The predicted octanol–water partition coefficient (Wildman–Crippen LogP) is -3.00. The molecule has 0 aromatic rings. The first-order valence-electron chi connectivity index (χ1n) is 0. The molecule has 0 aliphatic carbocycles. The topological polar surface area (TPSA) is 0 Å². The summed E-state index contributed by atoms with van der Waals surface area (Å²) in [5.74, 6) is 0. The fourth-order valence-corrected chi connectivity index (χ4v) is 0. The Labute approximate surface area is 64.1 Å². The van der Waals surface area contributed by atoms with Crippen LogP contribution < -0.4 is 18.9 Å². The van der Waals surface area contributed by atoms with Gasteiger partial charge in [0.2, 0.25) is 0 Å². The number of hydrogen-bond donors (Lipinski definition) is 0. The molecular weight excluding hydrogens is 122 g/mol. The Balaban J connectivity index is 0. The standard InChI is InChI=1S/Li.2S.V/q+1;2*-2;. The maximum absolute atomic E-state index is 0. The monoisotopic (exact) mass is 122 g/mol. The second-order valence-electron chi connectivity index (χ2n) is 0. The fourth-order valence-electron chi connectivity index (χ4n) is 0. The third-order valence-electron chi connectivity index (χ3n) is 0. The maximum atomic E-state index is 0. The maximum Gasteiger partial charge on any atom is 1.00 e. The summed E-state index contributed by atoms with van der Waals surface area (Å²) in [6.45, 7) is 0. The van der Waals surface area contributed by atoms with Gasteiger partial charge in [-0.2, -0.15) is 0 Å². The van der Waals surface area contributed by atoms with Gasteiger partial charge in [-0.3, -0.25) is 0 Å². The third kappa shape index (κ3) is 9.10. The van der Waals surface area contributed by atoms with Crippen molar-refractivity contribution in [3.05, 3.63) is 0 Å². The minimum absolute atomic E-state index is 0. The summed E-state index contributed by atoms with van der Waals surface area (Å²) in [6, 6.07) is 0. The van der Waals surface area contributed by atoms with E-state index in [0.29, 0.717) is 0 Å². The molecule has 0 nitrogen and oxygen atoms in total.